The molecule has 196 valence electrons. The van der Waals surface area contributed by atoms with Crippen molar-refractivity contribution in [1.29, 1.82) is 0 Å². The fourth-order valence-electron chi connectivity index (χ4n) is 4.18. The lowest BCUT2D eigenvalue weighted by atomic mass is 10.0. The number of benzene rings is 1. The molecule has 0 aliphatic carbocycles. The molecule has 6 nitrogen and oxygen atoms in total. The average molecular weight is 489 g/mol. The fraction of sp³-hybridized carbons (Fsp3) is 0.655. The molecule has 0 bridgehead atoms. The number of ether oxygens (including phenoxy) is 2. The molecule has 0 amide bonds. The Hall–Kier alpha value is -2.50. The standard InChI is InChI=1S/C29H44O6/c1-2-3-4-5-6-7-8-9-10-11-12-13-14-15-20-34-28(31)17-16-21-33-24-18-19-27-25(22-24)26(30)23-29(32)35-27/h18-19,22-23,30H,2-17,20-21H2,1H3. The second-order valence-corrected chi connectivity index (χ2v) is 9.38. The van der Waals surface area contributed by atoms with Crippen molar-refractivity contribution in [2.24, 2.45) is 0 Å². The maximum Gasteiger partial charge on any atom is 0.339 e. The van der Waals surface area contributed by atoms with Gasteiger partial charge in [-0.3, -0.25) is 4.79 Å². The van der Waals surface area contributed by atoms with Crippen LogP contribution in [0.15, 0.2) is 33.5 Å². The highest BCUT2D eigenvalue weighted by Crippen LogP contribution is 2.26. The maximum absolute atomic E-state index is 11.9. The molecule has 0 spiro atoms. The van der Waals surface area contributed by atoms with Crippen molar-refractivity contribution in [3.05, 3.63) is 34.7 Å². The predicted molar refractivity (Wildman–Crippen MR) is 140 cm³/mol. The number of hydrogen-bond donors (Lipinski definition) is 1. The van der Waals surface area contributed by atoms with E-state index < -0.39 is 5.63 Å². The molecule has 0 aliphatic rings. The molecule has 0 atom stereocenters. The smallest absolute Gasteiger partial charge is 0.339 e. The summed E-state index contributed by atoms with van der Waals surface area (Å²) in [6.45, 7) is 3.11. The summed E-state index contributed by atoms with van der Waals surface area (Å²) in [7, 11) is 0. The van der Waals surface area contributed by atoms with Gasteiger partial charge in [0, 0.05) is 6.42 Å². The first-order valence-corrected chi connectivity index (χ1v) is 13.7. The zero-order valence-corrected chi connectivity index (χ0v) is 21.5. The van der Waals surface area contributed by atoms with Crippen LogP contribution in [0.5, 0.6) is 11.5 Å². The number of aromatic hydroxyl groups is 1. The molecular formula is C29H44O6. The lowest BCUT2D eigenvalue weighted by molar-refractivity contribution is -0.144. The first kappa shape index (κ1) is 28.7. The summed E-state index contributed by atoms with van der Waals surface area (Å²) in [6.07, 6.45) is 19.2. The largest absolute Gasteiger partial charge is 0.507 e. The summed E-state index contributed by atoms with van der Waals surface area (Å²) >= 11 is 0. The third-order valence-electron chi connectivity index (χ3n) is 6.25. The molecular weight excluding hydrogens is 444 g/mol. The topological polar surface area (TPSA) is 86.0 Å². The van der Waals surface area contributed by atoms with Crippen LogP contribution in [0.4, 0.5) is 0 Å². The van der Waals surface area contributed by atoms with E-state index in [1.807, 2.05) is 0 Å². The molecule has 0 saturated carbocycles. The summed E-state index contributed by atoms with van der Waals surface area (Å²) < 4.78 is 16.0. The minimum absolute atomic E-state index is 0.145. The van der Waals surface area contributed by atoms with Crippen LogP contribution >= 0.6 is 0 Å². The van der Waals surface area contributed by atoms with E-state index in [2.05, 4.69) is 6.92 Å². The Morgan fingerprint density at radius 3 is 2.03 bits per heavy atom. The molecule has 1 N–H and O–H groups in total. The Kier molecular flexibility index (Phi) is 14.7. The molecule has 1 aromatic carbocycles. The number of carbonyl (C=O) groups is 1. The Balaban J connectivity index is 1.40. The molecule has 1 heterocycles. The Bertz CT molecular complexity index is 904. The minimum Gasteiger partial charge on any atom is -0.507 e. The van der Waals surface area contributed by atoms with Gasteiger partial charge in [0.1, 0.15) is 17.1 Å². The van der Waals surface area contributed by atoms with Gasteiger partial charge in [0.15, 0.2) is 0 Å². The first-order chi connectivity index (χ1) is 17.1. The number of carbonyl (C=O) groups excluding carboxylic acids is 1. The van der Waals surface area contributed by atoms with Crippen molar-refractivity contribution >= 4 is 16.9 Å². The predicted octanol–water partition coefficient (Wildman–Crippen LogP) is 7.68. The Morgan fingerprint density at radius 1 is 0.800 bits per heavy atom. The van der Waals surface area contributed by atoms with E-state index in [1.54, 1.807) is 18.2 Å². The molecule has 0 unspecified atom stereocenters. The summed E-state index contributed by atoms with van der Waals surface area (Å²) in [6, 6.07) is 5.89. The van der Waals surface area contributed by atoms with E-state index >= 15 is 0 Å². The first-order valence-electron chi connectivity index (χ1n) is 13.7. The van der Waals surface area contributed by atoms with Gasteiger partial charge >= 0.3 is 11.6 Å². The highest BCUT2D eigenvalue weighted by atomic mass is 16.5. The van der Waals surface area contributed by atoms with Gasteiger partial charge in [0.05, 0.1) is 24.7 Å². The summed E-state index contributed by atoms with van der Waals surface area (Å²) in [5.74, 6) is 0.201. The SMILES string of the molecule is CCCCCCCCCCCCCCCCOC(=O)CCCOc1ccc2oc(=O)cc(O)c2c1. The van der Waals surface area contributed by atoms with Crippen LogP contribution in [0.3, 0.4) is 0 Å². The normalized spacial score (nSPS) is 11.1. The minimum atomic E-state index is -0.601. The number of rotatable bonds is 20. The summed E-state index contributed by atoms with van der Waals surface area (Å²) in [5, 5.41) is 10.3. The van der Waals surface area contributed by atoms with Crippen molar-refractivity contribution in [3.8, 4) is 11.5 Å². The highest BCUT2D eigenvalue weighted by Gasteiger charge is 2.07. The molecule has 6 heteroatoms. The zero-order valence-electron chi connectivity index (χ0n) is 21.5. The van der Waals surface area contributed by atoms with Crippen molar-refractivity contribution in [1.82, 2.24) is 0 Å². The van der Waals surface area contributed by atoms with Crippen LogP contribution in [-0.2, 0) is 9.53 Å². The van der Waals surface area contributed by atoms with Gasteiger partial charge in [0.2, 0.25) is 0 Å². The second-order valence-electron chi connectivity index (χ2n) is 9.38. The third kappa shape index (κ3) is 12.7. The van der Waals surface area contributed by atoms with Gasteiger partial charge < -0.3 is 19.0 Å². The van der Waals surface area contributed by atoms with Crippen LogP contribution in [0.1, 0.15) is 110 Å². The lowest BCUT2D eigenvalue weighted by Crippen LogP contribution is -2.08. The lowest BCUT2D eigenvalue weighted by Gasteiger charge is -2.08. The van der Waals surface area contributed by atoms with E-state index in [-0.39, 0.29) is 11.7 Å². The van der Waals surface area contributed by atoms with Gasteiger partial charge in [-0.05, 0) is 31.0 Å². The molecule has 0 saturated heterocycles. The van der Waals surface area contributed by atoms with Gasteiger partial charge in [-0.15, -0.1) is 0 Å². The van der Waals surface area contributed by atoms with Crippen molar-refractivity contribution in [3.63, 3.8) is 0 Å². The maximum atomic E-state index is 11.9. The van der Waals surface area contributed by atoms with Gasteiger partial charge in [-0.2, -0.15) is 0 Å². The molecule has 2 rings (SSSR count). The molecule has 1 aromatic heterocycles. The zero-order chi connectivity index (χ0) is 25.1. The van der Waals surface area contributed by atoms with E-state index in [9.17, 15) is 14.7 Å². The Labute approximate surface area is 210 Å². The van der Waals surface area contributed by atoms with Crippen LogP contribution in [0.2, 0.25) is 0 Å². The van der Waals surface area contributed by atoms with Crippen LogP contribution < -0.4 is 10.4 Å². The Morgan fingerprint density at radius 2 is 1.40 bits per heavy atom. The van der Waals surface area contributed by atoms with Crippen LogP contribution in [0, 0.1) is 0 Å². The van der Waals surface area contributed by atoms with E-state index in [0.29, 0.717) is 42.8 Å². The van der Waals surface area contributed by atoms with Crippen molar-refractivity contribution in [2.75, 3.05) is 13.2 Å². The van der Waals surface area contributed by atoms with Crippen LogP contribution in [0.25, 0.3) is 11.0 Å². The number of hydrogen-bond acceptors (Lipinski definition) is 6. The van der Waals surface area contributed by atoms with Gasteiger partial charge in [-0.1, -0.05) is 90.4 Å². The molecule has 2 aromatic rings. The monoisotopic (exact) mass is 488 g/mol. The highest BCUT2D eigenvalue weighted by molar-refractivity contribution is 5.84. The third-order valence-corrected chi connectivity index (χ3v) is 6.25. The summed E-state index contributed by atoms with van der Waals surface area (Å²) in [4.78, 5) is 23.2. The van der Waals surface area contributed by atoms with Crippen molar-refractivity contribution in [2.45, 2.75) is 110 Å². The van der Waals surface area contributed by atoms with Gasteiger partial charge in [-0.25, -0.2) is 4.79 Å². The quantitative estimate of drug-likeness (QED) is 0.117. The average Bonchev–Trinajstić information content (AvgIpc) is 2.84. The number of fused-ring (bicyclic) bond motifs is 1. The molecule has 35 heavy (non-hydrogen) atoms. The van der Waals surface area contributed by atoms with E-state index in [0.717, 1.165) is 18.9 Å². The molecule has 0 fully saturated rings. The van der Waals surface area contributed by atoms with Crippen LogP contribution in [-0.4, -0.2) is 24.3 Å². The number of unbranched alkanes of at least 4 members (excludes halogenated alkanes) is 13. The molecule has 0 radical (unpaired) electrons. The fourth-order valence-corrected chi connectivity index (χ4v) is 4.18. The van der Waals surface area contributed by atoms with Crippen molar-refractivity contribution < 1.29 is 23.8 Å². The number of esters is 1. The molecule has 0 aliphatic heterocycles. The summed E-state index contributed by atoms with van der Waals surface area (Å²) in [5.41, 5.74) is -0.300. The van der Waals surface area contributed by atoms with E-state index in [1.165, 1.54) is 77.0 Å². The second kappa shape index (κ2) is 17.9. The van der Waals surface area contributed by atoms with E-state index in [4.69, 9.17) is 13.9 Å². The van der Waals surface area contributed by atoms with Gasteiger partial charge in [0.25, 0.3) is 0 Å².